The Morgan fingerprint density at radius 3 is 2.60 bits per heavy atom. The Morgan fingerprint density at radius 2 is 2.07 bits per heavy atom. The van der Waals surface area contributed by atoms with Crippen molar-refractivity contribution in [1.82, 2.24) is 9.97 Å². The van der Waals surface area contributed by atoms with Crippen molar-refractivity contribution in [2.45, 2.75) is 13.8 Å². The highest BCUT2D eigenvalue weighted by Gasteiger charge is 2.08. The summed E-state index contributed by atoms with van der Waals surface area (Å²) in [6.07, 6.45) is 0. The van der Waals surface area contributed by atoms with Gasteiger partial charge in [0.15, 0.2) is 0 Å². The number of nitrogens with zero attached hydrogens (tertiary/aromatic N) is 1. The lowest BCUT2D eigenvalue weighted by molar-refractivity contribution is 0.476. The highest BCUT2D eigenvalue weighted by Crippen LogP contribution is 2.29. The molecule has 0 aliphatic carbocycles. The molecule has 1 aromatic heterocycles. The largest absolute Gasteiger partial charge is 0.506 e. The van der Waals surface area contributed by atoms with Crippen LogP contribution in [0.2, 0.25) is 5.02 Å². The van der Waals surface area contributed by atoms with E-state index in [1.807, 2.05) is 19.9 Å². The first-order valence-electron chi connectivity index (χ1n) is 4.60. The first-order chi connectivity index (χ1) is 7.08. The Labute approximate surface area is 92.7 Å². The molecule has 0 radical (unpaired) electrons. The molecule has 0 unspecified atom stereocenters. The average Bonchev–Trinajstić information content (AvgIpc) is 2.50. The van der Waals surface area contributed by atoms with E-state index >= 15 is 0 Å². The van der Waals surface area contributed by atoms with Gasteiger partial charge < -0.3 is 10.1 Å². The lowest BCUT2D eigenvalue weighted by Gasteiger charge is -2.01. The second-order valence-electron chi connectivity index (χ2n) is 3.46. The minimum absolute atomic E-state index is 0.0780. The Balaban J connectivity index is 2.54. The van der Waals surface area contributed by atoms with Gasteiger partial charge >= 0.3 is 0 Å². The molecule has 3 nitrogen and oxygen atoms in total. The number of aryl methyl sites for hydroxylation is 2. The van der Waals surface area contributed by atoms with Crippen molar-refractivity contribution in [2.24, 2.45) is 0 Å². The van der Waals surface area contributed by atoms with E-state index in [0.717, 1.165) is 22.8 Å². The molecular weight excluding hydrogens is 212 g/mol. The van der Waals surface area contributed by atoms with Crippen molar-refractivity contribution in [3.63, 3.8) is 0 Å². The smallest absolute Gasteiger partial charge is 0.134 e. The molecule has 0 aliphatic heterocycles. The maximum atomic E-state index is 9.49. The zero-order valence-corrected chi connectivity index (χ0v) is 9.26. The molecule has 15 heavy (non-hydrogen) atoms. The number of phenols is 1. The number of benzene rings is 1. The van der Waals surface area contributed by atoms with Crippen LogP contribution in [0.15, 0.2) is 18.2 Å². The Kier molecular flexibility index (Phi) is 2.40. The molecule has 0 aliphatic rings. The fraction of sp³-hybridized carbons (Fsp3) is 0.182. The van der Waals surface area contributed by atoms with Crippen molar-refractivity contribution < 1.29 is 5.11 Å². The summed E-state index contributed by atoms with van der Waals surface area (Å²) < 4.78 is 0. The topological polar surface area (TPSA) is 48.9 Å². The molecule has 2 aromatic rings. The summed E-state index contributed by atoms with van der Waals surface area (Å²) >= 11 is 5.73. The maximum absolute atomic E-state index is 9.49. The lowest BCUT2D eigenvalue weighted by atomic mass is 10.1. The summed E-state index contributed by atoms with van der Waals surface area (Å²) in [6.45, 7) is 3.84. The molecule has 78 valence electrons. The van der Waals surface area contributed by atoms with Gasteiger partial charge in [-0.1, -0.05) is 17.7 Å². The summed E-state index contributed by atoms with van der Waals surface area (Å²) in [4.78, 5) is 7.46. The highest BCUT2D eigenvalue weighted by molar-refractivity contribution is 6.32. The monoisotopic (exact) mass is 222 g/mol. The number of hydrogen-bond donors (Lipinski definition) is 2. The lowest BCUT2D eigenvalue weighted by Crippen LogP contribution is -1.81. The van der Waals surface area contributed by atoms with Gasteiger partial charge in [-0.25, -0.2) is 4.98 Å². The molecule has 0 saturated carbocycles. The number of phenolic OH excluding ortho intramolecular Hbond substituents is 1. The molecule has 0 amide bonds. The van der Waals surface area contributed by atoms with Crippen LogP contribution < -0.4 is 0 Å². The van der Waals surface area contributed by atoms with E-state index in [1.54, 1.807) is 12.1 Å². The first kappa shape index (κ1) is 10.1. The summed E-state index contributed by atoms with van der Waals surface area (Å²) in [5, 5.41) is 9.84. The van der Waals surface area contributed by atoms with Crippen molar-refractivity contribution in [2.75, 3.05) is 0 Å². The molecule has 0 fully saturated rings. The third-order valence-corrected chi connectivity index (χ3v) is 2.54. The van der Waals surface area contributed by atoms with Crippen LogP contribution in [-0.2, 0) is 0 Å². The molecule has 4 heteroatoms. The molecule has 2 rings (SSSR count). The van der Waals surface area contributed by atoms with Crippen molar-refractivity contribution in [3.8, 4) is 17.0 Å². The third kappa shape index (κ3) is 1.83. The molecule has 0 bridgehead atoms. The van der Waals surface area contributed by atoms with E-state index < -0.39 is 0 Å². The van der Waals surface area contributed by atoms with Gasteiger partial charge in [0, 0.05) is 11.3 Å². The number of aromatic nitrogens is 2. The van der Waals surface area contributed by atoms with Crippen LogP contribution in [0.25, 0.3) is 11.3 Å². The minimum Gasteiger partial charge on any atom is -0.506 e. The van der Waals surface area contributed by atoms with E-state index in [2.05, 4.69) is 9.97 Å². The predicted octanol–water partition coefficient (Wildman–Crippen LogP) is 3.05. The maximum Gasteiger partial charge on any atom is 0.134 e. The van der Waals surface area contributed by atoms with Crippen LogP contribution in [0.3, 0.4) is 0 Å². The van der Waals surface area contributed by atoms with Crippen LogP contribution in [0.1, 0.15) is 11.5 Å². The van der Waals surface area contributed by atoms with Crippen LogP contribution in [0.5, 0.6) is 5.75 Å². The number of rotatable bonds is 1. The standard InChI is InChI=1S/C11H11ClN2O/c1-6-11(14-7(2)13-6)8-3-4-9(12)10(15)5-8/h3-5,15H,1-2H3,(H,13,14). The van der Waals surface area contributed by atoms with Crippen molar-refractivity contribution >= 4 is 11.6 Å². The summed E-state index contributed by atoms with van der Waals surface area (Å²) in [7, 11) is 0. The number of halogens is 1. The summed E-state index contributed by atoms with van der Waals surface area (Å²) in [6, 6.07) is 5.12. The molecule has 1 heterocycles. The van der Waals surface area contributed by atoms with Gasteiger partial charge in [0.05, 0.1) is 10.7 Å². The number of aromatic amines is 1. The van der Waals surface area contributed by atoms with Crippen molar-refractivity contribution in [1.29, 1.82) is 0 Å². The van der Waals surface area contributed by atoms with E-state index in [9.17, 15) is 5.11 Å². The molecule has 0 spiro atoms. The Morgan fingerprint density at radius 1 is 1.33 bits per heavy atom. The highest BCUT2D eigenvalue weighted by atomic mass is 35.5. The van der Waals surface area contributed by atoms with Gasteiger partial charge in [-0.05, 0) is 26.0 Å². The average molecular weight is 223 g/mol. The normalized spacial score (nSPS) is 10.6. The number of imidazole rings is 1. The van der Waals surface area contributed by atoms with Gasteiger partial charge in [0.2, 0.25) is 0 Å². The Hall–Kier alpha value is -1.48. The number of hydrogen-bond acceptors (Lipinski definition) is 2. The second-order valence-corrected chi connectivity index (χ2v) is 3.87. The van der Waals surface area contributed by atoms with E-state index in [0.29, 0.717) is 5.02 Å². The number of nitrogens with one attached hydrogen (secondary N) is 1. The van der Waals surface area contributed by atoms with Gasteiger partial charge in [-0.2, -0.15) is 0 Å². The quantitative estimate of drug-likeness (QED) is 0.779. The van der Waals surface area contributed by atoms with E-state index in [4.69, 9.17) is 11.6 Å². The fourth-order valence-corrected chi connectivity index (χ4v) is 1.67. The molecule has 0 atom stereocenters. The Bertz CT molecular complexity index is 505. The van der Waals surface area contributed by atoms with Crippen LogP contribution in [-0.4, -0.2) is 15.1 Å². The molecule has 2 N–H and O–H groups in total. The zero-order valence-electron chi connectivity index (χ0n) is 8.50. The fourth-order valence-electron chi connectivity index (χ4n) is 1.55. The number of H-pyrrole nitrogens is 1. The van der Waals surface area contributed by atoms with Crippen LogP contribution in [0, 0.1) is 13.8 Å². The zero-order chi connectivity index (χ0) is 11.0. The van der Waals surface area contributed by atoms with Gasteiger partial charge in [-0.3, -0.25) is 0 Å². The van der Waals surface area contributed by atoms with E-state index in [-0.39, 0.29) is 5.75 Å². The van der Waals surface area contributed by atoms with Gasteiger partial charge in [-0.15, -0.1) is 0 Å². The second kappa shape index (κ2) is 3.59. The SMILES string of the molecule is Cc1nc(-c2ccc(Cl)c(O)c2)c(C)[nH]1. The molecule has 0 saturated heterocycles. The predicted molar refractivity (Wildman–Crippen MR) is 60.2 cm³/mol. The van der Waals surface area contributed by atoms with Crippen LogP contribution >= 0.6 is 11.6 Å². The summed E-state index contributed by atoms with van der Waals surface area (Å²) in [5.74, 6) is 0.936. The van der Waals surface area contributed by atoms with E-state index in [1.165, 1.54) is 0 Å². The first-order valence-corrected chi connectivity index (χ1v) is 4.98. The van der Waals surface area contributed by atoms with Crippen molar-refractivity contribution in [3.05, 3.63) is 34.7 Å². The third-order valence-electron chi connectivity index (χ3n) is 2.22. The number of aromatic hydroxyl groups is 1. The van der Waals surface area contributed by atoms with Gasteiger partial charge in [0.25, 0.3) is 0 Å². The van der Waals surface area contributed by atoms with Crippen LogP contribution in [0.4, 0.5) is 0 Å². The molecule has 1 aromatic carbocycles. The van der Waals surface area contributed by atoms with Gasteiger partial charge in [0.1, 0.15) is 11.6 Å². The molecular formula is C11H11ClN2O. The minimum atomic E-state index is 0.0780. The summed E-state index contributed by atoms with van der Waals surface area (Å²) in [5.41, 5.74) is 2.69.